The van der Waals surface area contributed by atoms with Crippen LogP contribution in [0.5, 0.6) is 0 Å². The molecule has 0 radical (unpaired) electrons. The van der Waals surface area contributed by atoms with E-state index in [9.17, 15) is 0 Å². The number of thiophene rings is 2. The molecule has 0 saturated carbocycles. The van der Waals surface area contributed by atoms with Crippen molar-refractivity contribution < 1.29 is 0 Å². The standard InChI is InChI=1S/C58H37NS2/c1-2-11-43(12-3-1)49-34-35-53(58-57(49)52-15-7-9-17-55(52)61-58)59(48-31-26-42(27-32-48)46-28-33-51-50-14-6-8-16-54(50)60-56(51)37-46)47-29-24-40(25-30-47)39-18-20-41(21-19-39)45-23-22-38-10-4-5-13-44(38)36-45/h1-37H. The summed E-state index contributed by atoms with van der Waals surface area (Å²) < 4.78 is 5.21. The van der Waals surface area contributed by atoms with Gasteiger partial charge in [0.15, 0.2) is 0 Å². The predicted octanol–water partition coefficient (Wildman–Crippen LogP) is 17.7. The summed E-state index contributed by atoms with van der Waals surface area (Å²) in [5.74, 6) is 0. The summed E-state index contributed by atoms with van der Waals surface area (Å²) in [7, 11) is 0. The van der Waals surface area contributed by atoms with Gasteiger partial charge in [-0.3, -0.25) is 0 Å². The van der Waals surface area contributed by atoms with Crippen molar-refractivity contribution >= 4 is 90.9 Å². The molecule has 2 heterocycles. The lowest BCUT2D eigenvalue weighted by Gasteiger charge is -2.27. The van der Waals surface area contributed by atoms with Gasteiger partial charge in [-0.25, -0.2) is 0 Å². The van der Waals surface area contributed by atoms with Crippen LogP contribution < -0.4 is 4.90 Å². The van der Waals surface area contributed by atoms with Gasteiger partial charge in [0.05, 0.1) is 10.4 Å². The van der Waals surface area contributed by atoms with Crippen LogP contribution in [0.1, 0.15) is 0 Å². The van der Waals surface area contributed by atoms with Crippen molar-refractivity contribution in [3.05, 3.63) is 224 Å². The molecular weight excluding hydrogens is 775 g/mol. The lowest BCUT2D eigenvalue weighted by atomic mass is 9.97. The molecule has 0 amide bonds. The van der Waals surface area contributed by atoms with Crippen LogP contribution in [-0.2, 0) is 0 Å². The quantitative estimate of drug-likeness (QED) is 0.155. The number of anilines is 3. The van der Waals surface area contributed by atoms with E-state index in [2.05, 4.69) is 229 Å². The van der Waals surface area contributed by atoms with Gasteiger partial charge in [0, 0.05) is 47.0 Å². The highest BCUT2D eigenvalue weighted by atomic mass is 32.1. The highest BCUT2D eigenvalue weighted by molar-refractivity contribution is 7.26. The van der Waals surface area contributed by atoms with Crippen LogP contribution >= 0.6 is 22.7 Å². The summed E-state index contributed by atoms with van der Waals surface area (Å²) in [6.45, 7) is 0. The van der Waals surface area contributed by atoms with Gasteiger partial charge in [0.2, 0.25) is 0 Å². The second-order valence-corrected chi connectivity index (χ2v) is 17.8. The lowest BCUT2D eigenvalue weighted by molar-refractivity contribution is 1.30. The van der Waals surface area contributed by atoms with Gasteiger partial charge in [-0.1, -0.05) is 170 Å². The van der Waals surface area contributed by atoms with E-state index in [1.807, 2.05) is 22.7 Å². The van der Waals surface area contributed by atoms with Crippen LogP contribution in [0, 0.1) is 0 Å². The average molecular weight is 812 g/mol. The largest absolute Gasteiger partial charge is 0.309 e. The second kappa shape index (κ2) is 14.8. The Labute approximate surface area is 362 Å². The Kier molecular flexibility index (Phi) is 8.62. The third-order valence-corrected chi connectivity index (χ3v) is 14.4. The molecule has 12 rings (SSSR count). The minimum Gasteiger partial charge on any atom is -0.309 e. The van der Waals surface area contributed by atoms with E-state index in [4.69, 9.17) is 0 Å². The second-order valence-electron chi connectivity index (χ2n) is 15.7. The van der Waals surface area contributed by atoms with Gasteiger partial charge in [-0.15, -0.1) is 22.7 Å². The molecule has 1 nitrogen and oxygen atoms in total. The molecule has 12 aromatic rings. The van der Waals surface area contributed by atoms with Crippen molar-refractivity contribution in [1.82, 2.24) is 0 Å². The Morgan fingerprint density at radius 3 is 1.51 bits per heavy atom. The third kappa shape index (κ3) is 6.29. The zero-order chi connectivity index (χ0) is 40.3. The van der Waals surface area contributed by atoms with Crippen molar-refractivity contribution in [2.45, 2.75) is 0 Å². The number of nitrogens with zero attached hydrogens (tertiary/aromatic N) is 1. The number of rotatable bonds is 7. The Hall–Kier alpha value is -7.30. The molecule has 0 N–H and O–H groups in total. The summed E-state index contributed by atoms with van der Waals surface area (Å²) >= 11 is 3.74. The van der Waals surface area contributed by atoms with E-state index in [1.54, 1.807) is 0 Å². The highest BCUT2D eigenvalue weighted by Crippen LogP contribution is 2.49. The van der Waals surface area contributed by atoms with Gasteiger partial charge >= 0.3 is 0 Å². The van der Waals surface area contributed by atoms with E-state index >= 15 is 0 Å². The van der Waals surface area contributed by atoms with Gasteiger partial charge in [-0.05, 0) is 110 Å². The zero-order valence-corrected chi connectivity index (χ0v) is 34.8. The van der Waals surface area contributed by atoms with E-state index in [0.29, 0.717) is 0 Å². The van der Waals surface area contributed by atoms with Crippen molar-refractivity contribution in [3.8, 4) is 44.5 Å². The zero-order valence-electron chi connectivity index (χ0n) is 33.1. The average Bonchev–Trinajstić information content (AvgIpc) is 3.91. The number of fused-ring (bicyclic) bond motifs is 7. The summed E-state index contributed by atoms with van der Waals surface area (Å²) in [5, 5.41) is 7.76. The van der Waals surface area contributed by atoms with Crippen molar-refractivity contribution in [2.24, 2.45) is 0 Å². The minimum absolute atomic E-state index is 1.11. The summed E-state index contributed by atoms with van der Waals surface area (Å²) in [6.07, 6.45) is 0. The number of hydrogen-bond donors (Lipinski definition) is 0. The van der Waals surface area contributed by atoms with Crippen molar-refractivity contribution in [1.29, 1.82) is 0 Å². The Morgan fingerprint density at radius 2 is 0.803 bits per heavy atom. The predicted molar refractivity (Wildman–Crippen MR) is 266 cm³/mol. The highest BCUT2D eigenvalue weighted by Gasteiger charge is 2.21. The maximum absolute atomic E-state index is 2.44. The fourth-order valence-corrected chi connectivity index (χ4v) is 11.4. The molecule has 2 aromatic heterocycles. The van der Waals surface area contributed by atoms with Crippen molar-refractivity contribution in [3.63, 3.8) is 0 Å². The molecule has 286 valence electrons. The molecule has 61 heavy (non-hydrogen) atoms. The smallest absolute Gasteiger partial charge is 0.0640 e. The molecule has 0 unspecified atom stereocenters. The molecule has 0 aliphatic heterocycles. The molecule has 0 bridgehead atoms. The topological polar surface area (TPSA) is 3.24 Å². The van der Waals surface area contributed by atoms with Gasteiger partial charge in [-0.2, -0.15) is 0 Å². The van der Waals surface area contributed by atoms with Crippen LogP contribution in [0.15, 0.2) is 224 Å². The number of hydrogen-bond acceptors (Lipinski definition) is 3. The normalized spacial score (nSPS) is 11.6. The summed E-state index contributed by atoms with van der Waals surface area (Å²) in [6, 6.07) is 82.4. The summed E-state index contributed by atoms with van der Waals surface area (Å²) in [5.41, 5.74) is 13.1. The molecule has 0 saturated heterocycles. The fourth-order valence-electron chi connectivity index (χ4n) is 9.01. The first-order valence-corrected chi connectivity index (χ1v) is 22.4. The van der Waals surface area contributed by atoms with Crippen LogP contribution in [0.25, 0.3) is 95.6 Å². The molecule has 3 heteroatoms. The maximum atomic E-state index is 2.44. The molecule has 0 aliphatic rings. The Balaban J connectivity index is 0.957. The SMILES string of the molecule is c1ccc(-c2ccc(N(c3ccc(-c4ccc(-c5ccc6ccccc6c5)cc4)cc3)c3ccc(-c4ccc5c(c4)sc4ccccc45)cc3)c3sc4ccccc4c23)cc1. The van der Waals surface area contributed by atoms with E-state index < -0.39 is 0 Å². The summed E-state index contributed by atoms with van der Waals surface area (Å²) in [4.78, 5) is 2.44. The first-order chi connectivity index (χ1) is 30.2. The van der Waals surface area contributed by atoms with E-state index in [0.717, 1.165) is 11.4 Å². The van der Waals surface area contributed by atoms with E-state index in [1.165, 1.54) is 101 Å². The first kappa shape index (κ1) is 35.6. The van der Waals surface area contributed by atoms with Gasteiger partial charge < -0.3 is 4.90 Å². The molecule has 0 fully saturated rings. The molecule has 0 spiro atoms. The molecular formula is C58H37NS2. The molecule has 10 aromatic carbocycles. The van der Waals surface area contributed by atoms with Crippen LogP contribution in [0.2, 0.25) is 0 Å². The fraction of sp³-hybridized carbons (Fsp3) is 0. The van der Waals surface area contributed by atoms with Gasteiger partial charge in [0.1, 0.15) is 0 Å². The lowest BCUT2D eigenvalue weighted by Crippen LogP contribution is -2.10. The monoisotopic (exact) mass is 811 g/mol. The van der Waals surface area contributed by atoms with Gasteiger partial charge in [0.25, 0.3) is 0 Å². The van der Waals surface area contributed by atoms with Crippen molar-refractivity contribution in [2.75, 3.05) is 4.90 Å². The van der Waals surface area contributed by atoms with Crippen LogP contribution in [0.4, 0.5) is 17.1 Å². The Morgan fingerprint density at radius 1 is 0.295 bits per heavy atom. The minimum atomic E-state index is 1.11. The third-order valence-electron chi connectivity index (χ3n) is 12.1. The Bertz CT molecular complexity index is 3560. The van der Waals surface area contributed by atoms with E-state index in [-0.39, 0.29) is 0 Å². The number of benzene rings is 10. The van der Waals surface area contributed by atoms with Crippen LogP contribution in [-0.4, -0.2) is 0 Å². The maximum Gasteiger partial charge on any atom is 0.0640 e. The molecule has 0 atom stereocenters. The molecule has 0 aliphatic carbocycles. The first-order valence-electron chi connectivity index (χ1n) is 20.7. The van der Waals surface area contributed by atoms with Crippen LogP contribution in [0.3, 0.4) is 0 Å².